The average molecular weight is 564 g/mol. The van der Waals surface area contributed by atoms with E-state index < -0.39 is 27.3 Å². The van der Waals surface area contributed by atoms with Crippen LogP contribution in [-0.2, 0) is 21.0 Å². The number of hydrogen-bond donors (Lipinski definition) is 5. The normalized spacial score (nSPS) is 19.8. The van der Waals surface area contributed by atoms with Gasteiger partial charge >= 0.3 is 0 Å². The molecule has 1 fully saturated rings. The number of sulfone groups is 1. The number of nitrogens with two attached hydrogens (primary N) is 1. The van der Waals surface area contributed by atoms with Crippen LogP contribution in [0.5, 0.6) is 0 Å². The molecule has 6 N–H and O–H groups in total. The Kier molecular flexibility index (Phi) is 7.31. The Morgan fingerprint density at radius 2 is 2.00 bits per heavy atom. The highest BCUT2D eigenvalue weighted by Gasteiger charge is 2.36. The summed E-state index contributed by atoms with van der Waals surface area (Å²) < 4.78 is 59.7. The van der Waals surface area contributed by atoms with Gasteiger partial charge in [0, 0.05) is 50.3 Å². The molecule has 0 spiro atoms. The molecule has 5 rings (SSSR count). The van der Waals surface area contributed by atoms with Gasteiger partial charge in [0.15, 0.2) is 11.6 Å². The number of rotatable bonds is 8. The van der Waals surface area contributed by atoms with Crippen molar-refractivity contribution in [1.29, 1.82) is 0 Å². The van der Waals surface area contributed by atoms with E-state index in [4.69, 9.17) is 10.5 Å². The minimum atomic E-state index is -3.26. The number of hydrogen-bond acceptors (Lipinski definition) is 10. The Labute approximate surface area is 224 Å². The van der Waals surface area contributed by atoms with Gasteiger partial charge in [0.05, 0.1) is 29.2 Å². The van der Waals surface area contributed by atoms with Crippen molar-refractivity contribution in [3.8, 4) is 0 Å². The number of halogens is 2. The smallest absolute Gasteiger partial charge is 0.189 e. The van der Waals surface area contributed by atoms with Crippen LogP contribution in [-0.4, -0.2) is 71.8 Å². The van der Waals surface area contributed by atoms with Gasteiger partial charge in [0.1, 0.15) is 33.1 Å². The van der Waals surface area contributed by atoms with Crippen molar-refractivity contribution in [1.82, 2.24) is 20.0 Å². The zero-order valence-corrected chi connectivity index (χ0v) is 22.4. The number of H-pyrrole nitrogens is 1. The van der Waals surface area contributed by atoms with Crippen LogP contribution in [0.15, 0.2) is 29.4 Å². The van der Waals surface area contributed by atoms with Gasteiger partial charge in [-0.3, -0.25) is 10.8 Å². The Hall–Kier alpha value is -3.56. The van der Waals surface area contributed by atoms with Crippen LogP contribution >= 0.6 is 0 Å². The Balaban J connectivity index is 1.47. The van der Waals surface area contributed by atoms with E-state index >= 15 is 0 Å². The molecule has 15 heteroatoms. The standard InChI is InChI=1S/C24H31F2N9O3S/c1-14-9-21(34-33-14)30-22-17-13-29-35(16-3-6-38-7-4-16)23(17)32-24(27,31-22)12-15-10-20(19(26)11-18(15)25)28-5-8-39(2,36)37/h9-11,13,16,28,32H,3-8,12,27H2,1-2H3,(H2,30,31,33,34). The van der Waals surface area contributed by atoms with E-state index in [-0.39, 0.29) is 36.0 Å². The first-order valence-corrected chi connectivity index (χ1v) is 14.6. The van der Waals surface area contributed by atoms with E-state index in [2.05, 4.69) is 36.2 Å². The summed E-state index contributed by atoms with van der Waals surface area (Å²) >= 11 is 0. The number of aromatic amines is 1. The number of aliphatic imine (C=N–C) groups is 1. The molecule has 2 aliphatic rings. The van der Waals surface area contributed by atoms with Gasteiger partial charge in [0.25, 0.3) is 0 Å². The Bertz CT molecular complexity index is 1500. The van der Waals surface area contributed by atoms with Crippen molar-refractivity contribution >= 4 is 33.0 Å². The molecule has 2 aromatic heterocycles. The molecule has 2 aliphatic heterocycles. The lowest BCUT2D eigenvalue weighted by molar-refractivity contribution is 0.0667. The minimum absolute atomic E-state index is 0.0308. The summed E-state index contributed by atoms with van der Waals surface area (Å²) in [6, 6.07) is 3.91. The molecule has 1 aromatic carbocycles. The Morgan fingerprint density at radius 3 is 2.69 bits per heavy atom. The second-order valence-corrected chi connectivity index (χ2v) is 12.2. The molecular formula is C24H31F2N9O3S. The molecule has 39 heavy (non-hydrogen) atoms. The first-order valence-electron chi connectivity index (χ1n) is 12.5. The SMILES string of the molecule is Cc1cc(NC2=NC(N)(Cc3cc(NCCS(C)(=O)=O)c(F)cc3F)Nc3c2cnn3C2CCOCC2)n[nH]1. The molecule has 1 saturated heterocycles. The van der Waals surface area contributed by atoms with Crippen molar-refractivity contribution in [3.63, 3.8) is 0 Å². The van der Waals surface area contributed by atoms with E-state index in [9.17, 15) is 17.2 Å². The molecule has 0 saturated carbocycles. The molecule has 210 valence electrons. The van der Waals surface area contributed by atoms with Gasteiger partial charge in [-0.25, -0.2) is 26.9 Å². The maximum absolute atomic E-state index is 15.0. The van der Waals surface area contributed by atoms with Crippen LogP contribution < -0.4 is 21.7 Å². The fourth-order valence-electron chi connectivity index (χ4n) is 4.67. The summed E-state index contributed by atoms with van der Waals surface area (Å²) in [5.74, 6) is -1.85. The van der Waals surface area contributed by atoms with Crippen LogP contribution in [0, 0.1) is 18.6 Å². The van der Waals surface area contributed by atoms with E-state index in [1.807, 2.05) is 11.6 Å². The molecule has 1 atom stereocenters. The zero-order chi connectivity index (χ0) is 27.8. The third kappa shape index (κ3) is 6.20. The number of aromatic nitrogens is 4. The van der Waals surface area contributed by atoms with Crippen LogP contribution in [0.2, 0.25) is 0 Å². The first kappa shape index (κ1) is 27.0. The maximum atomic E-state index is 15.0. The van der Waals surface area contributed by atoms with Gasteiger partial charge in [-0.1, -0.05) is 0 Å². The lowest BCUT2D eigenvalue weighted by Gasteiger charge is -2.34. The highest BCUT2D eigenvalue weighted by molar-refractivity contribution is 7.90. The number of amidine groups is 1. The average Bonchev–Trinajstić information content (AvgIpc) is 3.47. The number of nitrogens with one attached hydrogen (secondary N) is 4. The van der Waals surface area contributed by atoms with Gasteiger partial charge < -0.3 is 20.7 Å². The van der Waals surface area contributed by atoms with Crippen LogP contribution in [0.3, 0.4) is 0 Å². The topological polar surface area (TPSA) is 164 Å². The molecule has 0 radical (unpaired) electrons. The number of anilines is 3. The van der Waals surface area contributed by atoms with E-state index in [0.29, 0.717) is 36.2 Å². The highest BCUT2D eigenvalue weighted by atomic mass is 32.2. The Morgan fingerprint density at radius 1 is 1.23 bits per heavy atom. The van der Waals surface area contributed by atoms with Crippen LogP contribution in [0.1, 0.15) is 35.7 Å². The molecule has 12 nitrogen and oxygen atoms in total. The summed E-state index contributed by atoms with van der Waals surface area (Å²) in [7, 11) is -3.26. The zero-order valence-electron chi connectivity index (χ0n) is 21.6. The number of ether oxygens (including phenoxy) is 1. The van der Waals surface area contributed by atoms with Gasteiger partial charge in [-0.05, 0) is 31.4 Å². The maximum Gasteiger partial charge on any atom is 0.189 e. The first-order chi connectivity index (χ1) is 18.5. The van der Waals surface area contributed by atoms with Crippen molar-refractivity contribution in [3.05, 3.63) is 52.9 Å². The summed E-state index contributed by atoms with van der Waals surface area (Å²) in [4.78, 5) is 4.68. The second-order valence-electron chi connectivity index (χ2n) is 9.92. The molecular weight excluding hydrogens is 532 g/mol. The summed E-state index contributed by atoms with van der Waals surface area (Å²) in [6.45, 7) is 3.04. The number of benzene rings is 1. The molecule has 0 amide bonds. The molecule has 3 aromatic rings. The van der Waals surface area contributed by atoms with Crippen molar-refractivity contribution in [2.75, 3.05) is 47.7 Å². The lowest BCUT2D eigenvalue weighted by atomic mass is 10.0. The van der Waals surface area contributed by atoms with Crippen molar-refractivity contribution in [2.45, 2.75) is 38.0 Å². The quantitative estimate of drug-likeness (QED) is 0.276. The fraction of sp³-hybridized carbons (Fsp3) is 0.458. The van der Waals surface area contributed by atoms with Crippen LogP contribution in [0.4, 0.5) is 26.1 Å². The van der Waals surface area contributed by atoms with E-state index in [1.165, 1.54) is 6.07 Å². The van der Waals surface area contributed by atoms with Gasteiger partial charge in [-0.15, -0.1) is 0 Å². The summed E-state index contributed by atoms with van der Waals surface area (Å²) in [5.41, 5.74) is 8.31. The highest BCUT2D eigenvalue weighted by Crippen LogP contribution is 2.33. The molecule has 0 aliphatic carbocycles. The lowest BCUT2D eigenvalue weighted by Crippen LogP contribution is -2.52. The molecule has 0 bridgehead atoms. The minimum Gasteiger partial charge on any atom is -0.382 e. The monoisotopic (exact) mass is 563 g/mol. The summed E-state index contributed by atoms with van der Waals surface area (Å²) in [5, 5.41) is 20.8. The van der Waals surface area contributed by atoms with E-state index in [1.54, 1.807) is 12.3 Å². The van der Waals surface area contributed by atoms with Crippen molar-refractivity contribution in [2.24, 2.45) is 10.7 Å². The predicted molar refractivity (Wildman–Crippen MR) is 144 cm³/mol. The fourth-order valence-corrected chi connectivity index (χ4v) is 5.14. The van der Waals surface area contributed by atoms with E-state index in [0.717, 1.165) is 30.9 Å². The van der Waals surface area contributed by atoms with Crippen LogP contribution in [0.25, 0.3) is 0 Å². The number of aryl methyl sites for hydroxylation is 1. The third-order valence-electron chi connectivity index (χ3n) is 6.57. The number of fused-ring (bicyclic) bond motifs is 1. The summed E-state index contributed by atoms with van der Waals surface area (Å²) in [6.07, 6.45) is 4.15. The van der Waals surface area contributed by atoms with Gasteiger partial charge in [0.2, 0.25) is 0 Å². The predicted octanol–water partition coefficient (Wildman–Crippen LogP) is 2.14. The molecule has 1 unspecified atom stereocenters. The van der Waals surface area contributed by atoms with Crippen molar-refractivity contribution < 1.29 is 21.9 Å². The molecule has 4 heterocycles. The van der Waals surface area contributed by atoms with Gasteiger partial charge in [-0.2, -0.15) is 10.2 Å². The number of nitrogens with zero attached hydrogens (tertiary/aromatic N) is 4. The second kappa shape index (κ2) is 10.5. The largest absolute Gasteiger partial charge is 0.382 e. The third-order valence-corrected chi connectivity index (χ3v) is 7.52.